The Balaban J connectivity index is 1.57. The van der Waals surface area contributed by atoms with Gasteiger partial charge in [0.1, 0.15) is 18.1 Å². The van der Waals surface area contributed by atoms with Crippen LogP contribution in [0, 0.1) is 6.92 Å². The molecule has 1 aliphatic heterocycles. The van der Waals surface area contributed by atoms with Crippen LogP contribution in [0.4, 0.5) is 0 Å². The number of aromatic nitrogens is 3. The van der Waals surface area contributed by atoms with Crippen molar-refractivity contribution in [1.29, 1.82) is 0 Å². The molecule has 2 aromatic heterocycles. The molecule has 0 atom stereocenters. The molecule has 0 N–H and O–H groups in total. The molecule has 3 aromatic rings. The van der Waals surface area contributed by atoms with Crippen molar-refractivity contribution < 1.29 is 4.74 Å². The van der Waals surface area contributed by atoms with Gasteiger partial charge in [-0.05, 0) is 63.0 Å². The van der Waals surface area contributed by atoms with E-state index in [9.17, 15) is 0 Å². The normalized spacial score (nSPS) is 15.3. The van der Waals surface area contributed by atoms with Crippen molar-refractivity contribution in [2.45, 2.75) is 26.2 Å². The van der Waals surface area contributed by atoms with E-state index in [2.05, 4.69) is 33.1 Å². The van der Waals surface area contributed by atoms with Gasteiger partial charge in [-0.2, -0.15) is 0 Å². The Labute approximate surface area is 164 Å². The van der Waals surface area contributed by atoms with Crippen molar-refractivity contribution >= 4 is 23.0 Å². The van der Waals surface area contributed by atoms with Gasteiger partial charge in [-0.1, -0.05) is 18.6 Å². The Kier molecular flexibility index (Phi) is 5.64. The molecule has 0 aliphatic carbocycles. The van der Waals surface area contributed by atoms with Gasteiger partial charge in [0.25, 0.3) is 0 Å². The van der Waals surface area contributed by atoms with Crippen LogP contribution in [-0.4, -0.2) is 51.3 Å². The van der Waals surface area contributed by atoms with Crippen LogP contribution < -0.4 is 4.74 Å². The van der Waals surface area contributed by atoms with E-state index in [-0.39, 0.29) is 0 Å². The monoisotopic (exact) mass is 382 g/mol. The lowest BCUT2D eigenvalue weighted by atomic mass is 10.1. The Morgan fingerprint density at radius 3 is 2.74 bits per heavy atom. The zero-order valence-electron chi connectivity index (χ0n) is 16.0. The molecule has 142 valence electrons. The molecule has 0 unspecified atom stereocenters. The number of imidazole rings is 1. The number of hydrogen-bond donors (Lipinski definition) is 0. The standard InChI is InChI=1S/C21H26N4OS/c1-16-19(26-15-14-24-12-6-3-7-13-24)10-11-22-20(16)21-23-17-8-4-5-9-18(17)25(21)27-2/h4-5,8-11H,3,6-7,12-15H2,1-2H3. The van der Waals surface area contributed by atoms with E-state index in [1.807, 2.05) is 30.5 Å². The van der Waals surface area contributed by atoms with E-state index in [1.165, 1.54) is 32.4 Å². The first-order valence-corrected chi connectivity index (χ1v) is 10.8. The van der Waals surface area contributed by atoms with Gasteiger partial charge in [0.2, 0.25) is 0 Å². The summed E-state index contributed by atoms with van der Waals surface area (Å²) in [7, 11) is 0. The Morgan fingerprint density at radius 2 is 1.93 bits per heavy atom. The molecular weight excluding hydrogens is 356 g/mol. The van der Waals surface area contributed by atoms with E-state index in [0.29, 0.717) is 6.61 Å². The average molecular weight is 383 g/mol. The second kappa shape index (κ2) is 8.31. The van der Waals surface area contributed by atoms with Crippen LogP contribution in [0.2, 0.25) is 0 Å². The third-order valence-electron chi connectivity index (χ3n) is 5.18. The first kappa shape index (κ1) is 18.3. The summed E-state index contributed by atoms with van der Waals surface area (Å²) < 4.78 is 8.26. The minimum atomic E-state index is 0.712. The van der Waals surface area contributed by atoms with Gasteiger partial charge in [-0.15, -0.1) is 0 Å². The molecule has 5 nitrogen and oxygen atoms in total. The van der Waals surface area contributed by atoms with Crippen LogP contribution in [0.3, 0.4) is 0 Å². The number of hydrogen-bond acceptors (Lipinski definition) is 5. The lowest BCUT2D eigenvalue weighted by molar-refractivity contribution is 0.183. The van der Waals surface area contributed by atoms with Crippen LogP contribution in [0.15, 0.2) is 36.5 Å². The summed E-state index contributed by atoms with van der Waals surface area (Å²) in [5.41, 5.74) is 4.02. The van der Waals surface area contributed by atoms with Gasteiger partial charge >= 0.3 is 0 Å². The van der Waals surface area contributed by atoms with E-state index in [4.69, 9.17) is 9.72 Å². The smallest absolute Gasteiger partial charge is 0.170 e. The van der Waals surface area contributed by atoms with Crippen LogP contribution in [0.1, 0.15) is 24.8 Å². The lowest BCUT2D eigenvalue weighted by Crippen LogP contribution is -2.33. The zero-order chi connectivity index (χ0) is 18.6. The molecule has 0 amide bonds. The number of fused-ring (bicyclic) bond motifs is 1. The molecular formula is C21H26N4OS. The van der Waals surface area contributed by atoms with Crippen molar-refractivity contribution in [2.75, 3.05) is 32.5 Å². The van der Waals surface area contributed by atoms with E-state index >= 15 is 0 Å². The average Bonchev–Trinajstić information content (AvgIpc) is 3.08. The second-order valence-electron chi connectivity index (χ2n) is 6.93. The van der Waals surface area contributed by atoms with Crippen molar-refractivity contribution in [3.63, 3.8) is 0 Å². The fourth-order valence-electron chi connectivity index (χ4n) is 3.71. The molecule has 0 bridgehead atoms. The van der Waals surface area contributed by atoms with Crippen molar-refractivity contribution in [3.8, 4) is 17.3 Å². The molecule has 1 aromatic carbocycles. The van der Waals surface area contributed by atoms with Crippen molar-refractivity contribution in [1.82, 2.24) is 18.8 Å². The van der Waals surface area contributed by atoms with Crippen LogP contribution >= 0.6 is 11.9 Å². The number of rotatable bonds is 6. The molecule has 1 aliphatic rings. The van der Waals surface area contributed by atoms with Crippen LogP contribution in [0.5, 0.6) is 5.75 Å². The molecule has 0 spiro atoms. The minimum absolute atomic E-state index is 0.712. The number of pyridine rings is 1. The maximum Gasteiger partial charge on any atom is 0.170 e. The Morgan fingerprint density at radius 1 is 1.11 bits per heavy atom. The molecule has 6 heteroatoms. The first-order chi connectivity index (χ1) is 13.3. The molecule has 1 fully saturated rings. The number of piperidine rings is 1. The van der Waals surface area contributed by atoms with E-state index in [0.717, 1.165) is 40.4 Å². The fourth-order valence-corrected chi connectivity index (χ4v) is 4.36. The van der Waals surface area contributed by atoms with Crippen molar-refractivity contribution in [2.24, 2.45) is 0 Å². The fraction of sp³-hybridized carbons (Fsp3) is 0.429. The molecule has 4 rings (SSSR count). The SMILES string of the molecule is CSn1c(-c2nccc(OCCN3CCCCC3)c2C)nc2ccccc21. The van der Waals surface area contributed by atoms with Crippen LogP contribution in [-0.2, 0) is 0 Å². The van der Waals surface area contributed by atoms with Gasteiger partial charge in [0.05, 0.1) is 11.0 Å². The number of likely N-dealkylation sites (tertiary alicyclic amines) is 1. The highest BCUT2D eigenvalue weighted by Crippen LogP contribution is 2.32. The van der Waals surface area contributed by atoms with Crippen molar-refractivity contribution in [3.05, 3.63) is 42.1 Å². The number of benzene rings is 1. The second-order valence-corrected chi connectivity index (χ2v) is 7.66. The Bertz CT molecular complexity index is 918. The van der Waals surface area contributed by atoms with Crippen LogP contribution in [0.25, 0.3) is 22.6 Å². The van der Waals surface area contributed by atoms with Gasteiger partial charge in [0.15, 0.2) is 5.82 Å². The quantitative estimate of drug-likeness (QED) is 0.632. The molecule has 3 heterocycles. The Hall–Kier alpha value is -2.05. The highest BCUT2D eigenvalue weighted by atomic mass is 32.2. The van der Waals surface area contributed by atoms with Gasteiger partial charge < -0.3 is 4.74 Å². The number of nitrogens with zero attached hydrogens (tertiary/aromatic N) is 4. The van der Waals surface area contributed by atoms with Gasteiger partial charge in [0, 0.05) is 24.6 Å². The maximum atomic E-state index is 6.12. The summed E-state index contributed by atoms with van der Waals surface area (Å²) in [4.78, 5) is 11.9. The van der Waals surface area contributed by atoms with E-state index < -0.39 is 0 Å². The third kappa shape index (κ3) is 3.82. The highest BCUT2D eigenvalue weighted by molar-refractivity contribution is 7.97. The lowest BCUT2D eigenvalue weighted by Gasteiger charge is -2.26. The summed E-state index contributed by atoms with van der Waals surface area (Å²) in [6, 6.07) is 10.2. The van der Waals surface area contributed by atoms with E-state index in [1.54, 1.807) is 11.9 Å². The molecule has 0 saturated carbocycles. The largest absolute Gasteiger partial charge is 0.492 e. The third-order valence-corrected chi connectivity index (χ3v) is 5.92. The summed E-state index contributed by atoms with van der Waals surface area (Å²) in [5.74, 6) is 1.78. The highest BCUT2D eigenvalue weighted by Gasteiger charge is 2.17. The molecule has 1 saturated heterocycles. The molecule has 27 heavy (non-hydrogen) atoms. The predicted molar refractivity (Wildman–Crippen MR) is 112 cm³/mol. The van der Waals surface area contributed by atoms with Gasteiger partial charge in [-0.25, -0.2) is 4.98 Å². The summed E-state index contributed by atoms with van der Waals surface area (Å²) in [6.45, 7) is 6.16. The first-order valence-electron chi connectivity index (χ1n) is 9.61. The summed E-state index contributed by atoms with van der Waals surface area (Å²) >= 11 is 1.64. The molecule has 0 radical (unpaired) electrons. The predicted octanol–water partition coefficient (Wildman–Crippen LogP) is 4.40. The maximum absolute atomic E-state index is 6.12. The number of ether oxygens (including phenoxy) is 1. The number of para-hydroxylation sites is 2. The zero-order valence-corrected chi connectivity index (χ0v) is 16.8. The summed E-state index contributed by atoms with van der Waals surface area (Å²) in [5, 5.41) is 0. The topological polar surface area (TPSA) is 43.2 Å². The minimum Gasteiger partial charge on any atom is -0.492 e. The summed E-state index contributed by atoms with van der Waals surface area (Å²) in [6.07, 6.45) is 7.86. The van der Waals surface area contributed by atoms with Gasteiger partial charge in [-0.3, -0.25) is 13.9 Å².